The lowest BCUT2D eigenvalue weighted by atomic mass is 9.77. The fourth-order valence-corrected chi connectivity index (χ4v) is 3.62. The molecule has 0 heterocycles. The van der Waals surface area contributed by atoms with Crippen LogP contribution in [0.4, 0.5) is 0 Å². The summed E-state index contributed by atoms with van der Waals surface area (Å²) in [6, 6.07) is 8.79. The van der Waals surface area contributed by atoms with Crippen molar-refractivity contribution in [3.05, 3.63) is 35.4 Å². The standard InChI is InChI=1S/C22H30O2.C2H6/c1-3-7-18-10-14-20(15-11-18)21-16-12-19(13-17-21)8-5-4-6-9-22(23)24-2;1-2/h12-13,16-18,20H,3-4,6-7,9-11,14-15H2,1-2H3;1-2H3. The summed E-state index contributed by atoms with van der Waals surface area (Å²) in [5.41, 5.74) is 2.54. The predicted octanol–water partition coefficient (Wildman–Crippen LogP) is 6.48. The maximum atomic E-state index is 11.0. The molecule has 2 rings (SSSR count). The molecule has 1 aromatic carbocycles. The lowest BCUT2D eigenvalue weighted by Gasteiger charge is -2.28. The lowest BCUT2D eigenvalue weighted by molar-refractivity contribution is -0.140. The number of hydrogen-bond acceptors (Lipinski definition) is 2. The van der Waals surface area contributed by atoms with E-state index in [0.29, 0.717) is 6.42 Å². The van der Waals surface area contributed by atoms with Gasteiger partial charge in [-0.2, -0.15) is 0 Å². The molecule has 1 aliphatic rings. The van der Waals surface area contributed by atoms with E-state index in [2.05, 4.69) is 47.8 Å². The molecule has 1 saturated carbocycles. The van der Waals surface area contributed by atoms with Crippen molar-refractivity contribution in [2.45, 2.75) is 84.5 Å². The molecule has 0 saturated heterocycles. The fourth-order valence-electron chi connectivity index (χ4n) is 3.62. The van der Waals surface area contributed by atoms with Gasteiger partial charge in [-0.25, -0.2) is 0 Å². The minimum Gasteiger partial charge on any atom is -0.469 e. The molecule has 0 radical (unpaired) electrons. The van der Waals surface area contributed by atoms with Crippen LogP contribution in [0.3, 0.4) is 0 Å². The Morgan fingerprint density at radius 3 is 2.35 bits per heavy atom. The van der Waals surface area contributed by atoms with Crippen molar-refractivity contribution >= 4 is 5.97 Å². The number of methoxy groups -OCH3 is 1. The summed E-state index contributed by atoms with van der Waals surface area (Å²) in [6.45, 7) is 6.29. The minimum absolute atomic E-state index is 0.158. The maximum absolute atomic E-state index is 11.0. The number of hydrogen-bond donors (Lipinski definition) is 0. The van der Waals surface area contributed by atoms with E-state index in [-0.39, 0.29) is 5.97 Å². The predicted molar refractivity (Wildman–Crippen MR) is 110 cm³/mol. The van der Waals surface area contributed by atoms with E-state index in [4.69, 9.17) is 0 Å². The molecule has 0 bridgehead atoms. The highest BCUT2D eigenvalue weighted by molar-refractivity contribution is 5.69. The number of ether oxygens (including phenoxy) is 1. The molecule has 2 nitrogen and oxygen atoms in total. The van der Waals surface area contributed by atoms with E-state index < -0.39 is 0 Å². The Balaban J connectivity index is 0.00000163. The normalized spacial score (nSPS) is 18.8. The van der Waals surface area contributed by atoms with Crippen LogP contribution in [0.25, 0.3) is 0 Å². The van der Waals surface area contributed by atoms with Gasteiger partial charge in [-0.1, -0.05) is 57.6 Å². The van der Waals surface area contributed by atoms with Gasteiger partial charge >= 0.3 is 5.97 Å². The first-order valence-corrected chi connectivity index (χ1v) is 10.4. The maximum Gasteiger partial charge on any atom is 0.305 e. The highest BCUT2D eigenvalue weighted by atomic mass is 16.5. The molecule has 0 aromatic heterocycles. The smallest absolute Gasteiger partial charge is 0.305 e. The monoisotopic (exact) mass is 356 g/mol. The van der Waals surface area contributed by atoms with E-state index in [1.54, 1.807) is 0 Å². The Kier molecular flexibility index (Phi) is 11.5. The molecule has 0 atom stereocenters. The Bertz CT molecular complexity index is 554. The molecule has 1 aromatic rings. The van der Waals surface area contributed by atoms with Gasteiger partial charge in [0.15, 0.2) is 0 Å². The molecule has 0 aliphatic heterocycles. The van der Waals surface area contributed by atoms with Gasteiger partial charge in [0.2, 0.25) is 0 Å². The summed E-state index contributed by atoms with van der Waals surface area (Å²) < 4.78 is 4.62. The van der Waals surface area contributed by atoms with Crippen molar-refractivity contribution < 1.29 is 9.53 Å². The second-order valence-corrected chi connectivity index (χ2v) is 6.86. The third-order valence-electron chi connectivity index (χ3n) is 5.07. The zero-order chi connectivity index (χ0) is 19.2. The highest BCUT2D eigenvalue weighted by Gasteiger charge is 2.21. The van der Waals surface area contributed by atoms with Gasteiger partial charge in [-0.3, -0.25) is 4.79 Å². The summed E-state index contributed by atoms with van der Waals surface area (Å²) in [7, 11) is 1.42. The van der Waals surface area contributed by atoms with Gasteiger partial charge in [-0.05, 0) is 61.6 Å². The highest BCUT2D eigenvalue weighted by Crippen LogP contribution is 2.37. The number of rotatable bonds is 6. The van der Waals surface area contributed by atoms with Crippen LogP contribution in [0.5, 0.6) is 0 Å². The lowest BCUT2D eigenvalue weighted by Crippen LogP contribution is -2.13. The van der Waals surface area contributed by atoms with Crippen molar-refractivity contribution in [3.8, 4) is 11.8 Å². The number of unbranched alkanes of at least 4 members (excludes halogenated alkanes) is 1. The van der Waals surface area contributed by atoms with Crippen LogP contribution in [-0.4, -0.2) is 13.1 Å². The number of carbonyl (C=O) groups is 1. The van der Waals surface area contributed by atoms with Gasteiger partial charge in [0, 0.05) is 18.4 Å². The summed E-state index contributed by atoms with van der Waals surface area (Å²) in [5, 5.41) is 0. The van der Waals surface area contributed by atoms with Crippen molar-refractivity contribution in [3.63, 3.8) is 0 Å². The average Bonchev–Trinajstić information content (AvgIpc) is 2.70. The van der Waals surface area contributed by atoms with Crippen LogP contribution in [0, 0.1) is 17.8 Å². The molecule has 1 aliphatic carbocycles. The van der Waals surface area contributed by atoms with Gasteiger partial charge in [-0.15, -0.1) is 0 Å². The third kappa shape index (κ3) is 8.09. The second kappa shape index (κ2) is 13.5. The van der Waals surface area contributed by atoms with Crippen LogP contribution in [0.1, 0.15) is 95.6 Å². The van der Waals surface area contributed by atoms with Gasteiger partial charge < -0.3 is 4.74 Å². The van der Waals surface area contributed by atoms with E-state index in [1.165, 1.54) is 51.2 Å². The Morgan fingerprint density at radius 2 is 1.77 bits per heavy atom. The van der Waals surface area contributed by atoms with Crippen LogP contribution in [-0.2, 0) is 9.53 Å². The van der Waals surface area contributed by atoms with Crippen molar-refractivity contribution in [2.75, 3.05) is 7.11 Å². The van der Waals surface area contributed by atoms with Crippen LogP contribution in [0.2, 0.25) is 0 Å². The first kappa shape index (κ1) is 22.3. The first-order valence-electron chi connectivity index (χ1n) is 10.4. The van der Waals surface area contributed by atoms with Crippen LogP contribution < -0.4 is 0 Å². The zero-order valence-electron chi connectivity index (χ0n) is 17.1. The molecule has 0 amide bonds. The van der Waals surface area contributed by atoms with E-state index >= 15 is 0 Å². The zero-order valence-corrected chi connectivity index (χ0v) is 17.1. The number of esters is 1. The molecule has 2 heteroatoms. The number of carbonyl (C=O) groups excluding carboxylic acids is 1. The third-order valence-corrected chi connectivity index (χ3v) is 5.07. The summed E-state index contributed by atoms with van der Waals surface area (Å²) in [4.78, 5) is 11.0. The quantitative estimate of drug-likeness (QED) is 0.331. The molecular weight excluding hydrogens is 320 g/mol. The van der Waals surface area contributed by atoms with E-state index in [9.17, 15) is 4.79 Å². The average molecular weight is 357 g/mol. The second-order valence-electron chi connectivity index (χ2n) is 6.86. The van der Waals surface area contributed by atoms with Gasteiger partial charge in [0.25, 0.3) is 0 Å². The molecular formula is C24H36O2. The van der Waals surface area contributed by atoms with Crippen LogP contribution in [0.15, 0.2) is 24.3 Å². The topological polar surface area (TPSA) is 26.3 Å². The van der Waals surface area contributed by atoms with E-state index in [0.717, 1.165) is 30.2 Å². The molecule has 0 unspecified atom stereocenters. The minimum atomic E-state index is -0.158. The Hall–Kier alpha value is -1.75. The Labute approximate surface area is 160 Å². The molecule has 1 fully saturated rings. The van der Waals surface area contributed by atoms with E-state index in [1.807, 2.05) is 13.8 Å². The molecule has 0 spiro atoms. The van der Waals surface area contributed by atoms with Crippen LogP contribution >= 0.6 is 0 Å². The summed E-state index contributed by atoms with van der Waals surface area (Å²) >= 11 is 0. The van der Waals surface area contributed by atoms with Crippen molar-refractivity contribution in [2.24, 2.45) is 5.92 Å². The first-order chi connectivity index (χ1) is 12.7. The SMILES string of the molecule is CC.CCCC1CCC(c2ccc(C#CCCCC(=O)OC)cc2)CC1. The van der Waals surface area contributed by atoms with Gasteiger partial charge in [0.1, 0.15) is 0 Å². The van der Waals surface area contributed by atoms with Gasteiger partial charge in [0.05, 0.1) is 7.11 Å². The largest absolute Gasteiger partial charge is 0.469 e. The molecule has 144 valence electrons. The molecule has 26 heavy (non-hydrogen) atoms. The fraction of sp³-hybridized carbons (Fsp3) is 0.625. The number of benzene rings is 1. The van der Waals surface area contributed by atoms with Crippen molar-refractivity contribution in [1.82, 2.24) is 0 Å². The van der Waals surface area contributed by atoms with Crippen molar-refractivity contribution in [1.29, 1.82) is 0 Å². The Morgan fingerprint density at radius 1 is 1.12 bits per heavy atom. The molecule has 0 N–H and O–H groups in total. The summed E-state index contributed by atoms with van der Waals surface area (Å²) in [6.07, 6.45) is 10.1. The summed E-state index contributed by atoms with van der Waals surface area (Å²) in [5.74, 6) is 7.87.